The Kier molecular flexibility index (Phi) is 14.1. The minimum absolute atomic E-state index is 0.209. The minimum Gasteiger partial charge on any atom is -0.423 e. The van der Waals surface area contributed by atoms with Crippen LogP contribution in [0.3, 0.4) is 0 Å². The van der Waals surface area contributed by atoms with Crippen molar-refractivity contribution in [3.63, 3.8) is 0 Å². The van der Waals surface area contributed by atoms with Crippen LogP contribution in [0.2, 0.25) is 0 Å². The molecule has 0 saturated carbocycles. The lowest BCUT2D eigenvalue weighted by atomic mass is 10.1. The molecule has 0 fully saturated rings. The third-order valence-electron chi connectivity index (χ3n) is 4.76. The van der Waals surface area contributed by atoms with Crippen LogP contribution in [-0.2, 0) is 4.79 Å². The number of allylic oxidation sites excluding steroid dienone is 2. The number of ether oxygens (including phenoxy) is 1. The number of unbranched alkanes of at least 4 members (excludes halogenated alkanes) is 11. The summed E-state index contributed by atoms with van der Waals surface area (Å²) in [4.78, 5) is 11.7. The Morgan fingerprint density at radius 3 is 2.04 bits per heavy atom. The Morgan fingerprint density at radius 1 is 0.857 bits per heavy atom. The Bertz CT molecular complexity index is 570. The topological polar surface area (TPSA) is 26.3 Å². The molecule has 2 nitrogen and oxygen atoms in total. The zero-order chi connectivity index (χ0) is 20.5. The highest BCUT2D eigenvalue weighted by atomic mass is 19.1. The molecule has 0 bridgehead atoms. The van der Waals surface area contributed by atoms with Crippen LogP contribution in [0.25, 0.3) is 0 Å². The number of hydrogen-bond acceptors (Lipinski definition) is 2. The van der Waals surface area contributed by atoms with Crippen LogP contribution in [0.15, 0.2) is 30.4 Å². The van der Waals surface area contributed by atoms with Gasteiger partial charge in [-0.2, -0.15) is 0 Å². The summed E-state index contributed by atoms with van der Waals surface area (Å²) in [6.45, 7) is 2.25. The van der Waals surface area contributed by atoms with Crippen molar-refractivity contribution in [3.8, 4) is 5.75 Å². The molecular formula is C24H36F2O2. The van der Waals surface area contributed by atoms with Gasteiger partial charge in [-0.15, -0.1) is 0 Å². The molecule has 1 rings (SSSR count). The molecule has 0 aliphatic heterocycles. The van der Waals surface area contributed by atoms with Gasteiger partial charge in [0, 0.05) is 12.5 Å². The zero-order valence-corrected chi connectivity index (χ0v) is 17.4. The highest BCUT2D eigenvalue weighted by molar-refractivity contribution is 5.72. The number of halogens is 2. The van der Waals surface area contributed by atoms with Crippen molar-refractivity contribution >= 4 is 5.97 Å². The van der Waals surface area contributed by atoms with Crippen LogP contribution in [0.4, 0.5) is 8.78 Å². The van der Waals surface area contributed by atoms with Gasteiger partial charge in [-0.1, -0.05) is 70.4 Å². The molecule has 0 saturated heterocycles. The van der Waals surface area contributed by atoms with E-state index in [2.05, 4.69) is 19.1 Å². The van der Waals surface area contributed by atoms with Gasteiger partial charge in [-0.05, 0) is 44.2 Å². The fourth-order valence-electron chi connectivity index (χ4n) is 3.07. The van der Waals surface area contributed by atoms with Gasteiger partial charge in [0.15, 0.2) is 11.6 Å². The highest BCUT2D eigenvalue weighted by Crippen LogP contribution is 2.18. The Labute approximate surface area is 169 Å². The number of rotatable bonds is 16. The Morgan fingerprint density at radius 2 is 1.43 bits per heavy atom. The average molecular weight is 395 g/mol. The highest BCUT2D eigenvalue weighted by Gasteiger charge is 2.10. The maximum atomic E-state index is 13.4. The number of carbonyl (C=O) groups is 1. The zero-order valence-electron chi connectivity index (χ0n) is 17.4. The predicted molar refractivity (Wildman–Crippen MR) is 111 cm³/mol. The van der Waals surface area contributed by atoms with Crippen molar-refractivity contribution < 1.29 is 18.3 Å². The summed E-state index contributed by atoms with van der Waals surface area (Å²) in [6, 6.07) is 2.93. The van der Waals surface area contributed by atoms with E-state index in [1.54, 1.807) is 0 Å². The maximum absolute atomic E-state index is 13.4. The number of hydrogen-bond donors (Lipinski definition) is 0. The van der Waals surface area contributed by atoms with Crippen molar-refractivity contribution in [2.45, 2.75) is 96.8 Å². The lowest BCUT2D eigenvalue weighted by molar-refractivity contribution is -0.134. The normalized spacial score (nSPS) is 11.2. The van der Waals surface area contributed by atoms with Crippen molar-refractivity contribution in [2.24, 2.45) is 0 Å². The summed E-state index contributed by atoms with van der Waals surface area (Å²) in [5.41, 5.74) is 0. The van der Waals surface area contributed by atoms with Crippen LogP contribution in [0.5, 0.6) is 5.75 Å². The van der Waals surface area contributed by atoms with E-state index in [1.807, 2.05) is 0 Å². The molecule has 28 heavy (non-hydrogen) atoms. The first-order valence-corrected chi connectivity index (χ1v) is 10.9. The fraction of sp³-hybridized carbons (Fsp3) is 0.625. The van der Waals surface area contributed by atoms with E-state index in [1.165, 1.54) is 51.4 Å². The monoisotopic (exact) mass is 394 g/mol. The molecule has 0 spiro atoms. The lowest BCUT2D eigenvalue weighted by Gasteiger charge is -2.05. The van der Waals surface area contributed by atoms with E-state index in [-0.39, 0.29) is 12.2 Å². The van der Waals surface area contributed by atoms with E-state index >= 15 is 0 Å². The third-order valence-corrected chi connectivity index (χ3v) is 4.76. The quantitative estimate of drug-likeness (QED) is 0.123. The van der Waals surface area contributed by atoms with Gasteiger partial charge in [0.25, 0.3) is 0 Å². The summed E-state index contributed by atoms with van der Waals surface area (Å²) in [5, 5.41) is 0. The van der Waals surface area contributed by atoms with Crippen LogP contribution < -0.4 is 4.74 Å². The van der Waals surface area contributed by atoms with Crippen LogP contribution >= 0.6 is 0 Å². The van der Waals surface area contributed by atoms with E-state index in [9.17, 15) is 13.6 Å². The molecule has 1 aromatic rings. The lowest BCUT2D eigenvalue weighted by Crippen LogP contribution is -2.08. The molecule has 0 atom stereocenters. The molecule has 0 aromatic heterocycles. The molecule has 158 valence electrons. The first-order valence-electron chi connectivity index (χ1n) is 10.9. The van der Waals surface area contributed by atoms with E-state index < -0.39 is 17.6 Å². The van der Waals surface area contributed by atoms with Crippen LogP contribution in [0.1, 0.15) is 96.8 Å². The largest absolute Gasteiger partial charge is 0.423 e. The molecule has 4 heteroatoms. The van der Waals surface area contributed by atoms with Crippen LogP contribution in [-0.4, -0.2) is 5.97 Å². The first-order chi connectivity index (χ1) is 13.6. The van der Waals surface area contributed by atoms with Gasteiger partial charge in [0.1, 0.15) is 5.82 Å². The predicted octanol–water partition coefficient (Wildman–Crippen LogP) is 7.91. The second-order valence-corrected chi connectivity index (χ2v) is 7.38. The third kappa shape index (κ3) is 12.6. The SMILES string of the molecule is CCCCCCCCC=CCCCCCCCC(=O)Oc1ccc(F)cc1F. The summed E-state index contributed by atoms with van der Waals surface area (Å²) in [7, 11) is 0. The standard InChI is InChI=1S/C24H36F2O2/c1-2-3-4-5-6-7-8-9-10-11-12-13-14-15-16-17-24(27)28-23-19-18-21(25)20-22(23)26/h9-10,18-20H,2-8,11-17H2,1H3. The minimum atomic E-state index is -0.849. The number of benzene rings is 1. The Hall–Kier alpha value is -1.71. The molecular weight excluding hydrogens is 358 g/mol. The molecule has 0 aliphatic rings. The number of esters is 1. The van der Waals surface area contributed by atoms with Crippen LogP contribution in [0, 0.1) is 11.6 Å². The van der Waals surface area contributed by atoms with Gasteiger partial charge in [0.05, 0.1) is 0 Å². The van der Waals surface area contributed by atoms with Crippen molar-refractivity contribution in [1.29, 1.82) is 0 Å². The molecule has 0 radical (unpaired) electrons. The van der Waals surface area contributed by atoms with E-state index in [4.69, 9.17) is 4.74 Å². The molecule has 0 unspecified atom stereocenters. The summed E-state index contributed by atoms with van der Waals surface area (Å²) in [5.74, 6) is -2.21. The van der Waals surface area contributed by atoms with Gasteiger partial charge in [-0.3, -0.25) is 4.79 Å². The molecule has 0 heterocycles. The van der Waals surface area contributed by atoms with Gasteiger partial charge in [0.2, 0.25) is 0 Å². The second-order valence-electron chi connectivity index (χ2n) is 7.38. The second kappa shape index (κ2) is 16.3. The summed E-state index contributed by atoms with van der Waals surface area (Å²) < 4.78 is 31.1. The summed E-state index contributed by atoms with van der Waals surface area (Å²) in [6.07, 6.45) is 20.4. The average Bonchev–Trinajstić information content (AvgIpc) is 2.67. The van der Waals surface area contributed by atoms with Crippen molar-refractivity contribution in [2.75, 3.05) is 0 Å². The fourth-order valence-corrected chi connectivity index (χ4v) is 3.07. The van der Waals surface area contributed by atoms with Crippen molar-refractivity contribution in [3.05, 3.63) is 42.0 Å². The maximum Gasteiger partial charge on any atom is 0.311 e. The Balaban J connectivity index is 1.92. The van der Waals surface area contributed by atoms with E-state index in [0.29, 0.717) is 6.07 Å². The first kappa shape index (κ1) is 24.3. The van der Waals surface area contributed by atoms with Gasteiger partial charge >= 0.3 is 5.97 Å². The molecule has 0 N–H and O–H groups in total. The van der Waals surface area contributed by atoms with Gasteiger partial charge in [-0.25, -0.2) is 8.78 Å². The molecule has 0 amide bonds. The molecule has 0 aliphatic carbocycles. The van der Waals surface area contributed by atoms with E-state index in [0.717, 1.165) is 44.2 Å². The summed E-state index contributed by atoms with van der Waals surface area (Å²) >= 11 is 0. The smallest absolute Gasteiger partial charge is 0.311 e. The number of carbonyl (C=O) groups excluding carboxylic acids is 1. The van der Waals surface area contributed by atoms with Gasteiger partial charge < -0.3 is 4.74 Å². The molecule has 1 aromatic carbocycles. The van der Waals surface area contributed by atoms with Crippen molar-refractivity contribution in [1.82, 2.24) is 0 Å².